The molecule has 3 heterocycles. The Morgan fingerprint density at radius 3 is 2.81 bits per heavy atom. The number of furan rings is 1. The van der Waals surface area contributed by atoms with Gasteiger partial charge in [0.1, 0.15) is 5.82 Å². The number of nitrogens with zero attached hydrogens (tertiary/aromatic N) is 4. The van der Waals surface area contributed by atoms with Crippen molar-refractivity contribution < 1.29 is 22.4 Å². The van der Waals surface area contributed by atoms with Crippen LogP contribution in [0.25, 0.3) is 0 Å². The molecule has 21 heavy (non-hydrogen) atoms. The first-order valence-electron chi connectivity index (χ1n) is 6.23. The maximum Gasteiger partial charge on any atom is 0.451 e. The number of Topliss-reactive ketones (excluding diaryl/α,β-unsaturated/α-hetero) is 1. The molecule has 9 heteroatoms. The van der Waals surface area contributed by atoms with Crippen LogP contribution in [0.1, 0.15) is 22.2 Å². The van der Waals surface area contributed by atoms with Crippen molar-refractivity contribution in [1.29, 1.82) is 0 Å². The molecule has 3 rings (SSSR count). The van der Waals surface area contributed by atoms with Crippen LogP contribution in [0.4, 0.5) is 13.2 Å². The zero-order valence-electron chi connectivity index (χ0n) is 10.8. The molecule has 1 aliphatic rings. The van der Waals surface area contributed by atoms with E-state index in [1.54, 1.807) is 17.0 Å². The van der Waals surface area contributed by atoms with E-state index in [0.29, 0.717) is 6.54 Å². The summed E-state index contributed by atoms with van der Waals surface area (Å²) in [4.78, 5) is 13.6. The summed E-state index contributed by atoms with van der Waals surface area (Å²) in [6.45, 7) is 0.639. The largest absolute Gasteiger partial charge is 0.461 e. The van der Waals surface area contributed by atoms with Gasteiger partial charge in [0.05, 0.1) is 19.4 Å². The smallest absolute Gasteiger partial charge is 0.451 e. The summed E-state index contributed by atoms with van der Waals surface area (Å²) in [6.07, 6.45) is -3.12. The molecular weight excluding hydrogens is 289 g/mol. The molecule has 0 saturated carbocycles. The van der Waals surface area contributed by atoms with Gasteiger partial charge in [-0.2, -0.15) is 13.2 Å². The number of ketones is 1. The van der Waals surface area contributed by atoms with Crippen LogP contribution in [-0.2, 0) is 19.3 Å². The van der Waals surface area contributed by atoms with Gasteiger partial charge in [-0.25, -0.2) is 0 Å². The predicted octanol–water partition coefficient (Wildman–Crippen LogP) is 1.59. The first-order chi connectivity index (χ1) is 9.95. The standard InChI is InChI=1S/C12H11F3N4O2/c13-12(14,15)11-17-16-10-7-18(3-4-19(10)11)6-8(20)9-2-1-5-21-9/h1-2,5H,3-4,6-7H2. The van der Waals surface area contributed by atoms with E-state index in [4.69, 9.17) is 4.42 Å². The summed E-state index contributed by atoms with van der Waals surface area (Å²) in [7, 11) is 0. The van der Waals surface area contributed by atoms with Crippen molar-refractivity contribution in [2.75, 3.05) is 13.1 Å². The zero-order chi connectivity index (χ0) is 15.0. The summed E-state index contributed by atoms with van der Waals surface area (Å²) < 4.78 is 44.1. The molecule has 0 radical (unpaired) electrons. The monoisotopic (exact) mass is 300 g/mol. The van der Waals surface area contributed by atoms with E-state index in [1.165, 1.54) is 6.26 Å². The molecule has 0 unspecified atom stereocenters. The van der Waals surface area contributed by atoms with Gasteiger partial charge in [-0.05, 0) is 12.1 Å². The highest BCUT2D eigenvalue weighted by Gasteiger charge is 2.39. The Balaban J connectivity index is 1.71. The summed E-state index contributed by atoms with van der Waals surface area (Å²) in [5.74, 6) is -0.766. The topological polar surface area (TPSA) is 64.2 Å². The van der Waals surface area contributed by atoms with E-state index in [1.807, 2.05) is 0 Å². The molecule has 2 aromatic rings. The van der Waals surface area contributed by atoms with E-state index in [-0.39, 0.29) is 37.0 Å². The third-order valence-electron chi connectivity index (χ3n) is 3.25. The minimum Gasteiger partial charge on any atom is -0.461 e. The number of aromatic nitrogens is 3. The fourth-order valence-electron chi connectivity index (χ4n) is 2.27. The van der Waals surface area contributed by atoms with Gasteiger partial charge >= 0.3 is 6.18 Å². The highest BCUT2D eigenvalue weighted by atomic mass is 19.4. The van der Waals surface area contributed by atoms with Crippen molar-refractivity contribution in [3.8, 4) is 0 Å². The van der Waals surface area contributed by atoms with Crippen LogP contribution in [0.5, 0.6) is 0 Å². The minimum atomic E-state index is -4.52. The number of halogens is 3. The van der Waals surface area contributed by atoms with Crippen LogP contribution in [0.2, 0.25) is 0 Å². The van der Waals surface area contributed by atoms with Gasteiger partial charge < -0.3 is 8.98 Å². The highest BCUT2D eigenvalue weighted by molar-refractivity contribution is 5.94. The number of hydrogen-bond donors (Lipinski definition) is 0. The van der Waals surface area contributed by atoms with Crippen LogP contribution < -0.4 is 0 Å². The van der Waals surface area contributed by atoms with Gasteiger partial charge in [-0.15, -0.1) is 10.2 Å². The number of carbonyl (C=O) groups excluding carboxylic acids is 1. The van der Waals surface area contributed by atoms with E-state index >= 15 is 0 Å². The van der Waals surface area contributed by atoms with E-state index in [0.717, 1.165) is 4.57 Å². The van der Waals surface area contributed by atoms with Crippen molar-refractivity contribution >= 4 is 5.78 Å². The maximum atomic E-state index is 12.7. The molecule has 0 bridgehead atoms. The Labute approximate surface area is 117 Å². The Morgan fingerprint density at radius 2 is 2.14 bits per heavy atom. The van der Waals surface area contributed by atoms with Crippen molar-refractivity contribution in [3.63, 3.8) is 0 Å². The van der Waals surface area contributed by atoms with Gasteiger partial charge in [0.15, 0.2) is 5.76 Å². The lowest BCUT2D eigenvalue weighted by molar-refractivity contribution is -0.148. The molecule has 0 aliphatic carbocycles. The third kappa shape index (κ3) is 2.68. The fraction of sp³-hybridized carbons (Fsp3) is 0.417. The second kappa shape index (κ2) is 4.99. The van der Waals surface area contributed by atoms with Gasteiger partial charge in [-0.3, -0.25) is 9.69 Å². The Hall–Kier alpha value is -2.16. The van der Waals surface area contributed by atoms with Crippen molar-refractivity contribution in [2.45, 2.75) is 19.3 Å². The molecule has 0 saturated heterocycles. The lowest BCUT2D eigenvalue weighted by atomic mass is 10.2. The van der Waals surface area contributed by atoms with Gasteiger partial charge in [-0.1, -0.05) is 0 Å². The van der Waals surface area contributed by atoms with Crippen LogP contribution in [0, 0.1) is 0 Å². The van der Waals surface area contributed by atoms with E-state index in [2.05, 4.69) is 10.2 Å². The van der Waals surface area contributed by atoms with Crippen LogP contribution in [0.3, 0.4) is 0 Å². The summed E-state index contributed by atoms with van der Waals surface area (Å²) in [5, 5.41) is 6.75. The highest BCUT2D eigenvalue weighted by Crippen LogP contribution is 2.29. The van der Waals surface area contributed by atoms with Gasteiger partial charge in [0.2, 0.25) is 11.6 Å². The van der Waals surface area contributed by atoms with Crippen molar-refractivity contribution in [3.05, 3.63) is 35.8 Å². The molecule has 6 nitrogen and oxygen atoms in total. The Bertz CT molecular complexity index is 648. The predicted molar refractivity (Wildman–Crippen MR) is 63.3 cm³/mol. The molecule has 0 spiro atoms. The Kier molecular flexibility index (Phi) is 3.28. The second-order valence-electron chi connectivity index (χ2n) is 4.70. The van der Waals surface area contributed by atoms with Crippen molar-refractivity contribution in [1.82, 2.24) is 19.7 Å². The minimum absolute atomic E-state index is 0.0712. The van der Waals surface area contributed by atoms with E-state index in [9.17, 15) is 18.0 Å². The molecule has 1 aliphatic heterocycles. The number of carbonyl (C=O) groups is 1. The molecule has 0 atom stereocenters. The SMILES string of the molecule is O=C(CN1CCn2c(nnc2C(F)(F)F)C1)c1ccco1. The third-order valence-corrected chi connectivity index (χ3v) is 3.25. The number of hydrogen-bond acceptors (Lipinski definition) is 5. The number of fused-ring (bicyclic) bond motifs is 1. The maximum absolute atomic E-state index is 12.7. The van der Waals surface area contributed by atoms with Crippen molar-refractivity contribution in [2.24, 2.45) is 0 Å². The zero-order valence-corrected chi connectivity index (χ0v) is 10.8. The Morgan fingerprint density at radius 1 is 1.33 bits per heavy atom. The first-order valence-corrected chi connectivity index (χ1v) is 6.23. The molecule has 2 aromatic heterocycles. The molecule has 0 N–H and O–H groups in total. The normalized spacial score (nSPS) is 16.0. The first kappa shape index (κ1) is 13.8. The molecule has 0 fully saturated rings. The molecule has 0 aromatic carbocycles. The van der Waals surface area contributed by atoms with Gasteiger partial charge in [0.25, 0.3) is 0 Å². The van der Waals surface area contributed by atoms with E-state index < -0.39 is 12.0 Å². The van der Waals surface area contributed by atoms with Crippen LogP contribution in [-0.4, -0.2) is 38.5 Å². The molecule has 112 valence electrons. The summed E-state index contributed by atoms with van der Waals surface area (Å²) >= 11 is 0. The molecular formula is C12H11F3N4O2. The van der Waals surface area contributed by atoms with Crippen LogP contribution in [0.15, 0.2) is 22.8 Å². The number of alkyl halides is 3. The average molecular weight is 300 g/mol. The molecule has 0 amide bonds. The lowest BCUT2D eigenvalue weighted by Crippen LogP contribution is -2.38. The van der Waals surface area contributed by atoms with Gasteiger partial charge in [0, 0.05) is 13.1 Å². The second-order valence-corrected chi connectivity index (χ2v) is 4.70. The fourth-order valence-corrected chi connectivity index (χ4v) is 2.27. The summed E-state index contributed by atoms with van der Waals surface area (Å²) in [6, 6.07) is 3.16. The summed E-state index contributed by atoms with van der Waals surface area (Å²) in [5.41, 5.74) is 0. The average Bonchev–Trinajstić information content (AvgIpc) is 3.06. The number of rotatable bonds is 3. The lowest BCUT2D eigenvalue weighted by Gasteiger charge is -2.26. The quantitative estimate of drug-likeness (QED) is 0.805. The van der Waals surface area contributed by atoms with Crippen LogP contribution >= 0.6 is 0 Å².